The number of benzene rings is 2. The molecule has 0 bridgehead atoms. The summed E-state index contributed by atoms with van der Waals surface area (Å²) >= 11 is 6.39. The number of hydrogen-bond donors (Lipinski definition) is 1. The second-order valence-electron chi connectivity index (χ2n) is 9.30. The maximum atomic E-state index is 12.8. The van der Waals surface area contributed by atoms with Crippen LogP contribution in [-0.4, -0.2) is 45.8 Å². The molecule has 31 heavy (non-hydrogen) atoms. The largest absolute Gasteiger partial charge is 0.396 e. The van der Waals surface area contributed by atoms with Crippen molar-refractivity contribution in [2.45, 2.75) is 44.4 Å². The molecule has 5 nitrogen and oxygen atoms in total. The van der Waals surface area contributed by atoms with Crippen LogP contribution in [0.25, 0.3) is 16.6 Å². The molecule has 0 spiro atoms. The summed E-state index contributed by atoms with van der Waals surface area (Å²) in [5.74, 6) is 1.29. The van der Waals surface area contributed by atoms with Gasteiger partial charge in [-0.3, -0.25) is 9.36 Å². The summed E-state index contributed by atoms with van der Waals surface area (Å²) in [6.07, 6.45) is 3.08. The Hall–Kier alpha value is -2.21. The lowest BCUT2D eigenvalue weighted by molar-refractivity contribution is 0.187. The van der Waals surface area contributed by atoms with Crippen LogP contribution >= 0.6 is 11.6 Å². The zero-order valence-electron chi connectivity index (χ0n) is 18.1. The number of aliphatic hydroxyl groups is 1. The highest BCUT2D eigenvalue weighted by Crippen LogP contribution is 2.44. The van der Waals surface area contributed by atoms with E-state index < -0.39 is 0 Å². The van der Waals surface area contributed by atoms with Crippen molar-refractivity contribution in [1.82, 2.24) is 14.5 Å². The maximum absolute atomic E-state index is 12.8. The van der Waals surface area contributed by atoms with Gasteiger partial charge in [0.15, 0.2) is 0 Å². The van der Waals surface area contributed by atoms with Crippen LogP contribution in [0.2, 0.25) is 5.02 Å². The van der Waals surface area contributed by atoms with Gasteiger partial charge in [0.1, 0.15) is 5.82 Å². The topological polar surface area (TPSA) is 58.4 Å². The van der Waals surface area contributed by atoms with E-state index in [1.807, 2.05) is 12.1 Å². The smallest absolute Gasteiger partial charge is 0.282 e. The molecule has 1 fully saturated rings. The van der Waals surface area contributed by atoms with E-state index in [2.05, 4.69) is 46.5 Å². The molecule has 5 rings (SSSR count). The van der Waals surface area contributed by atoms with Gasteiger partial charge in [-0.25, -0.2) is 0 Å². The number of likely N-dealkylation sites (tertiary alicyclic amines) is 1. The maximum Gasteiger partial charge on any atom is 0.282 e. The van der Waals surface area contributed by atoms with E-state index in [4.69, 9.17) is 16.7 Å². The highest BCUT2D eigenvalue weighted by molar-refractivity contribution is 6.35. The molecule has 0 unspecified atom stereocenters. The van der Waals surface area contributed by atoms with Crippen LogP contribution in [-0.2, 0) is 5.41 Å². The number of aromatic nitrogens is 2. The molecule has 1 saturated heterocycles. The average Bonchev–Trinajstić information content (AvgIpc) is 2.99. The molecule has 2 aromatic carbocycles. The lowest BCUT2D eigenvalue weighted by Crippen LogP contribution is -2.34. The van der Waals surface area contributed by atoms with Crippen molar-refractivity contribution in [3.63, 3.8) is 0 Å². The van der Waals surface area contributed by atoms with Crippen molar-refractivity contribution in [2.24, 2.45) is 0 Å². The fourth-order valence-electron chi connectivity index (χ4n) is 5.31. The number of rotatable bonds is 4. The van der Waals surface area contributed by atoms with Crippen LogP contribution in [0.1, 0.15) is 56.0 Å². The highest BCUT2D eigenvalue weighted by atomic mass is 35.5. The average molecular weight is 438 g/mol. The lowest BCUT2D eigenvalue weighted by Gasteiger charge is -2.32. The Kier molecular flexibility index (Phi) is 5.16. The van der Waals surface area contributed by atoms with Crippen molar-refractivity contribution in [3.05, 3.63) is 68.7 Å². The Balaban J connectivity index is 1.58. The molecule has 3 heterocycles. The van der Waals surface area contributed by atoms with Crippen LogP contribution in [0.5, 0.6) is 0 Å². The van der Waals surface area contributed by atoms with E-state index >= 15 is 0 Å². The van der Waals surface area contributed by atoms with Gasteiger partial charge in [-0.05, 0) is 81.4 Å². The first-order valence-electron chi connectivity index (χ1n) is 11.1. The van der Waals surface area contributed by atoms with Crippen molar-refractivity contribution in [2.75, 3.05) is 26.2 Å². The Bertz CT molecular complexity index is 1210. The van der Waals surface area contributed by atoms with E-state index in [1.54, 1.807) is 6.07 Å². The number of piperidine rings is 1. The normalized spacial score (nSPS) is 18.3. The molecule has 1 aromatic heterocycles. The lowest BCUT2D eigenvalue weighted by atomic mass is 9.83. The van der Waals surface area contributed by atoms with E-state index in [-0.39, 0.29) is 17.6 Å². The van der Waals surface area contributed by atoms with Crippen molar-refractivity contribution in [3.8, 4) is 5.69 Å². The van der Waals surface area contributed by atoms with Crippen molar-refractivity contribution in [1.29, 1.82) is 0 Å². The Morgan fingerprint density at radius 3 is 2.71 bits per heavy atom. The second-order valence-corrected chi connectivity index (χ2v) is 9.71. The van der Waals surface area contributed by atoms with E-state index in [1.165, 1.54) is 11.1 Å². The van der Waals surface area contributed by atoms with E-state index in [9.17, 15) is 4.79 Å². The molecular formula is C25H28ClN3O2. The molecule has 6 heteroatoms. The third-order valence-corrected chi connectivity index (χ3v) is 7.37. The third-order valence-electron chi connectivity index (χ3n) is 7.05. The minimum absolute atomic E-state index is 0.258. The second kappa shape index (κ2) is 7.73. The van der Waals surface area contributed by atoms with Crippen LogP contribution in [0.3, 0.4) is 0 Å². The zero-order chi connectivity index (χ0) is 21.8. The van der Waals surface area contributed by atoms with Crippen molar-refractivity contribution < 1.29 is 5.11 Å². The number of hydrogen-bond acceptors (Lipinski definition) is 4. The van der Waals surface area contributed by atoms with Gasteiger partial charge in [0.2, 0.25) is 0 Å². The first-order valence-corrected chi connectivity index (χ1v) is 11.5. The quantitative estimate of drug-likeness (QED) is 0.663. The fraction of sp³-hybridized carbons (Fsp3) is 0.440. The fourth-order valence-corrected chi connectivity index (χ4v) is 5.56. The molecule has 162 valence electrons. The van der Waals surface area contributed by atoms with Crippen LogP contribution in [0.4, 0.5) is 0 Å². The Labute approximate surface area is 187 Å². The monoisotopic (exact) mass is 437 g/mol. The van der Waals surface area contributed by atoms with E-state index in [0.29, 0.717) is 16.3 Å². The molecule has 0 saturated carbocycles. The van der Waals surface area contributed by atoms with Crippen molar-refractivity contribution >= 4 is 22.5 Å². The summed E-state index contributed by atoms with van der Waals surface area (Å²) in [5.41, 5.74) is 3.86. The number of aliphatic hydroxyl groups excluding tert-OH is 1. The van der Waals surface area contributed by atoms with Gasteiger partial charge < -0.3 is 10.0 Å². The molecule has 1 N–H and O–H groups in total. The van der Waals surface area contributed by atoms with Gasteiger partial charge in [0.25, 0.3) is 5.56 Å². The summed E-state index contributed by atoms with van der Waals surface area (Å²) in [7, 11) is 0. The minimum Gasteiger partial charge on any atom is -0.396 e. The molecule has 0 atom stereocenters. The van der Waals surface area contributed by atoms with Gasteiger partial charge in [-0.15, -0.1) is 0 Å². The summed E-state index contributed by atoms with van der Waals surface area (Å²) in [6.45, 7) is 7.63. The molecular weight excluding hydrogens is 410 g/mol. The van der Waals surface area contributed by atoms with Gasteiger partial charge in [0, 0.05) is 13.2 Å². The summed E-state index contributed by atoms with van der Waals surface area (Å²) < 4.78 is 2.14. The summed E-state index contributed by atoms with van der Waals surface area (Å²) in [4.78, 5) is 19.7. The minimum atomic E-state index is -0.350. The SMILES string of the molecule is CC1(C)c2ccc(C3CCN(CCCO)CC3)cc2-n2c1nc(=O)c1c(Cl)cccc12. The predicted octanol–water partition coefficient (Wildman–Crippen LogP) is 4.24. The highest BCUT2D eigenvalue weighted by Gasteiger charge is 2.39. The van der Waals surface area contributed by atoms with Gasteiger partial charge in [-0.2, -0.15) is 4.98 Å². The molecule has 2 aliphatic rings. The van der Waals surface area contributed by atoms with Gasteiger partial charge >= 0.3 is 0 Å². The molecule has 0 radical (unpaired) electrons. The first-order chi connectivity index (χ1) is 14.9. The molecule has 3 aromatic rings. The number of nitrogens with zero attached hydrogens (tertiary/aromatic N) is 3. The van der Waals surface area contributed by atoms with Crippen LogP contribution < -0.4 is 5.56 Å². The van der Waals surface area contributed by atoms with Gasteiger partial charge in [0.05, 0.1) is 27.0 Å². The number of fused-ring (bicyclic) bond motifs is 5. The zero-order valence-corrected chi connectivity index (χ0v) is 18.8. The Morgan fingerprint density at radius 1 is 1.19 bits per heavy atom. The molecule has 0 amide bonds. The van der Waals surface area contributed by atoms with Gasteiger partial charge in [-0.1, -0.05) is 29.8 Å². The summed E-state index contributed by atoms with van der Waals surface area (Å²) in [6, 6.07) is 12.4. The molecule has 0 aliphatic carbocycles. The first kappa shape index (κ1) is 20.7. The number of halogens is 1. The molecule has 2 aliphatic heterocycles. The summed E-state index contributed by atoms with van der Waals surface area (Å²) in [5, 5.41) is 10.0. The Morgan fingerprint density at radius 2 is 1.97 bits per heavy atom. The standard InChI is InChI=1S/C25H28ClN3O2/c1-25(2)18-8-7-17(16-9-12-28(13-10-16)11-4-14-30)15-21(18)29-20-6-3-5-19(26)22(20)23(31)27-24(25)29/h3,5-8,15-16,30H,4,9-14H2,1-2H3. The third kappa shape index (κ3) is 3.30. The van der Waals surface area contributed by atoms with Crippen LogP contribution in [0, 0.1) is 0 Å². The van der Waals surface area contributed by atoms with Crippen LogP contribution in [0.15, 0.2) is 41.2 Å². The van der Waals surface area contributed by atoms with E-state index in [0.717, 1.165) is 55.9 Å². The predicted molar refractivity (Wildman–Crippen MR) is 125 cm³/mol.